The van der Waals surface area contributed by atoms with Crippen molar-refractivity contribution in [2.75, 3.05) is 25.0 Å². The van der Waals surface area contributed by atoms with Crippen LogP contribution in [0.1, 0.15) is 17.5 Å². The lowest BCUT2D eigenvalue weighted by Crippen LogP contribution is -2.34. The second-order valence-electron chi connectivity index (χ2n) is 6.38. The van der Waals surface area contributed by atoms with Gasteiger partial charge in [-0.25, -0.2) is 9.78 Å². The van der Waals surface area contributed by atoms with Gasteiger partial charge in [-0.1, -0.05) is 36.4 Å². The van der Waals surface area contributed by atoms with E-state index >= 15 is 0 Å². The molecule has 5 heteroatoms. The molecule has 3 rings (SSSR count). The number of urea groups is 1. The maximum atomic E-state index is 12.0. The zero-order valence-corrected chi connectivity index (χ0v) is 14.0. The maximum Gasteiger partial charge on any atom is 0.320 e. The average Bonchev–Trinajstić information content (AvgIpc) is 3.03. The highest BCUT2D eigenvalue weighted by Crippen LogP contribution is 2.18. The van der Waals surface area contributed by atoms with Gasteiger partial charge in [0.2, 0.25) is 0 Å². The Hall–Kier alpha value is -2.40. The van der Waals surface area contributed by atoms with Crippen LogP contribution < -0.4 is 10.6 Å². The van der Waals surface area contributed by atoms with Gasteiger partial charge in [-0.2, -0.15) is 0 Å². The van der Waals surface area contributed by atoms with E-state index in [-0.39, 0.29) is 6.03 Å². The Morgan fingerprint density at radius 2 is 2.08 bits per heavy atom. The predicted molar refractivity (Wildman–Crippen MR) is 95.8 cm³/mol. The molecule has 1 aliphatic heterocycles. The Morgan fingerprint density at radius 3 is 2.88 bits per heavy atom. The molecular formula is C19H24N4O. The van der Waals surface area contributed by atoms with Crippen LogP contribution in [0.2, 0.25) is 0 Å². The van der Waals surface area contributed by atoms with Crippen LogP contribution in [0.15, 0.2) is 48.7 Å². The van der Waals surface area contributed by atoms with Crippen molar-refractivity contribution in [2.45, 2.75) is 19.9 Å². The number of hydrogen-bond donors (Lipinski definition) is 2. The smallest absolute Gasteiger partial charge is 0.320 e. The molecule has 24 heavy (non-hydrogen) atoms. The fourth-order valence-electron chi connectivity index (χ4n) is 3.07. The molecule has 0 saturated carbocycles. The topological polar surface area (TPSA) is 57.3 Å². The number of likely N-dealkylation sites (tertiary alicyclic amines) is 1. The van der Waals surface area contributed by atoms with Crippen molar-refractivity contribution >= 4 is 11.8 Å². The third-order valence-electron chi connectivity index (χ3n) is 4.41. The number of aryl methyl sites for hydroxylation is 1. The van der Waals surface area contributed by atoms with Crippen LogP contribution in [0.3, 0.4) is 0 Å². The molecule has 1 aliphatic rings. The lowest BCUT2D eigenvalue weighted by atomic mass is 10.1. The van der Waals surface area contributed by atoms with Gasteiger partial charge in [-0.15, -0.1) is 0 Å². The second kappa shape index (κ2) is 7.93. The lowest BCUT2D eigenvalue weighted by Gasteiger charge is -2.16. The molecule has 0 radical (unpaired) electrons. The third-order valence-corrected chi connectivity index (χ3v) is 4.41. The number of pyridine rings is 1. The summed E-state index contributed by atoms with van der Waals surface area (Å²) < 4.78 is 0. The van der Waals surface area contributed by atoms with Crippen LogP contribution in [0.4, 0.5) is 10.6 Å². The Balaban J connectivity index is 1.41. The summed E-state index contributed by atoms with van der Waals surface area (Å²) in [6.07, 6.45) is 2.80. The molecule has 1 fully saturated rings. The zero-order valence-electron chi connectivity index (χ0n) is 14.0. The minimum absolute atomic E-state index is 0.182. The first-order valence-corrected chi connectivity index (χ1v) is 8.43. The first-order chi connectivity index (χ1) is 11.7. The molecule has 1 aromatic carbocycles. The molecule has 0 spiro atoms. The van der Waals surface area contributed by atoms with E-state index in [1.165, 1.54) is 5.56 Å². The number of carbonyl (C=O) groups is 1. The number of amides is 2. The maximum absolute atomic E-state index is 12.0. The summed E-state index contributed by atoms with van der Waals surface area (Å²) in [5.74, 6) is 1.12. The summed E-state index contributed by atoms with van der Waals surface area (Å²) in [4.78, 5) is 18.6. The molecule has 1 saturated heterocycles. The molecule has 126 valence electrons. The molecule has 0 bridgehead atoms. The van der Waals surface area contributed by atoms with Gasteiger partial charge in [0, 0.05) is 25.8 Å². The van der Waals surface area contributed by atoms with Gasteiger partial charge in [0.15, 0.2) is 0 Å². The number of aromatic nitrogens is 1. The van der Waals surface area contributed by atoms with Crippen LogP contribution >= 0.6 is 0 Å². The van der Waals surface area contributed by atoms with Crippen LogP contribution in [-0.4, -0.2) is 35.5 Å². The van der Waals surface area contributed by atoms with Gasteiger partial charge in [0.05, 0.1) is 0 Å². The molecular weight excluding hydrogens is 300 g/mol. The quantitative estimate of drug-likeness (QED) is 0.889. The molecule has 2 heterocycles. The van der Waals surface area contributed by atoms with Gasteiger partial charge in [-0.3, -0.25) is 10.2 Å². The molecule has 2 amide bonds. The monoisotopic (exact) mass is 324 g/mol. The van der Waals surface area contributed by atoms with Crippen molar-refractivity contribution in [3.05, 3.63) is 59.8 Å². The second-order valence-corrected chi connectivity index (χ2v) is 6.38. The van der Waals surface area contributed by atoms with E-state index < -0.39 is 0 Å². The number of carbonyl (C=O) groups excluding carboxylic acids is 1. The minimum atomic E-state index is -0.182. The van der Waals surface area contributed by atoms with Crippen molar-refractivity contribution in [2.24, 2.45) is 5.92 Å². The van der Waals surface area contributed by atoms with Crippen molar-refractivity contribution in [3.8, 4) is 0 Å². The summed E-state index contributed by atoms with van der Waals surface area (Å²) in [5, 5.41) is 5.78. The number of nitrogens with zero attached hydrogens (tertiary/aromatic N) is 2. The summed E-state index contributed by atoms with van der Waals surface area (Å²) in [6, 6.07) is 14.1. The molecule has 2 N–H and O–H groups in total. The van der Waals surface area contributed by atoms with Gasteiger partial charge >= 0.3 is 6.03 Å². The normalized spacial score (nSPS) is 17.6. The summed E-state index contributed by atoms with van der Waals surface area (Å²) in [6.45, 7) is 5.72. The average molecular weight is 324 g/mol. The highest BCUT2D eigenvalue weighted by molar-refractivity contribution is 5.88. The van der Waals surface area contributed by atoms with Crippen molar-refractivity contribution in [1.82, 2.24) is 15.2 Å². The van der Waals surface area contributed by atoms with Crippen molar-refractivity contribution in [1.29, 1.82) is 0 Å². The molecule has 1 unspecified atom stereocenters. The van der Waals surface area contributed by atoms with Crippen LogP contribution in [0.25, 0.3) is 0 Å². The van der Waals surface area contributed by atoms with Crippen LogP contribution in [-0.2, 0) is 6.54 Å². The molecule has 0 aliphatic carbocycles. The minimum Gasteiger partial charge on any atom is -0.338 e. The van der Waals surface area contributed by atoms with Gasteiger partial charge in [0.25, 0.3) is 0 Å². The lowest BCUT2D eigenvalue weighted by molar-refractivity contribution is 0.249. The first kappa shape index (κ1) is 16.5. The van der Waals surface area contributed by atoms with E-state index in [4.69, 9.17) is 0 Å². The van der Waals surface area contributed by atoms with Crippen LogP contribution in [0.5, 0.6) is 0 Å². The number of benzene rings is 1. The number of rotatable bonds is 5. The Morgan fingerprint density at radius 1 is 1.25 bits per heavy atom. The number of nitrogens with one attached hydrogen (secondary N) is 2. The predicted octanol–water partition coefficient (Wildman–Crippen LogP) is 3.03. The fraction of sp³-hybridized carbons (Fsp3) is 0.368. The highest BCUT2D eigenvalue weighted by Gasteiger charge is 2.22. The summed E-state index contributed by atoms with van der Waals surface area (Å²) in [5.41, 5.74) is 2.30. The van der Waals surface area contributed by atoms with E-state index in [1.807, 2.05) is 25.1 Å². The Labute approximate surface area is 143 Å². The largest absolute Gasteiger partial charge is 0.338 e. The Kier molecular flexibility index (Phi) is 5.43. The van der Waals surface area contributed by atoms with Crippen molar-refractivity contribution in [3.63, 3.8) is 0 Å². The molecule has 1 atom stereocenters. The van der Waals surface area contributed by atoms with E-state index in [1.54, 1.807) is 6.20 Å². The first-order valence-electron chi connectivity index (χ1n) is 8.43. The molecule has 5 nitrogen and oxygen atoms in total. The Bertz CT molecular complexity index is 674. The number of hydrogen-bond acceptors (Lipinski definition) is 3. The van der Waals surface area contributed by atoms with E-state index in [9.17, 15) is 4.79 Å². The SMILES string of the molecule is Cc1cccnc1NC(=O)NCC1CCN(Cc2ccccc2)C1. The third kappa shape index (κ3) is 4.55. The zero-order chi connectivity index (χ0) is 16.8. The van der Waals surface area contributed by atoms with Crippen LogP contribution in [0, 0.1) is 12.8 Å². The molecule has 2 aromatic rings. The standard InChI is InChI=1S/C19H24N4O/c1-15-6-5-10-20-18(15)22-19(24)21-12-17-9-11-23(14-17)13-16-7-3-2-4-8-16/h2-8,10,17H,9,11-14H2,1H3,(H2,20,21,22,24). The summed E-state index contributed by atoms with van der Waals surface area (Å²) in [7, 11) is 0. The van der Waals surface area contributed by atoms with E-state index in [0.717, 1.165) is 31.6 Å². The fourth-order valence-corrected chi connectivity index (χ4v) is 3.07. The molecule has 1 aromatic heterocycles. The van der Waals surface area contributed by atoms with E-state index in [0.29, 0.717) is 18.3 Å². The summed E-state index contributed by atoms with van der Waals surface area (Å²) >= 11 is 0. The van der Waals surface area contributed by atoms with Crippen molar-refractivity contribution < 1.29 is 4.79 Å². The van der Waals surface area contributed by atoms with Gasteiger partial charge in [0.1, 0.15) is 5.82 Å². The van der Waals surface area contributed by atoms with Gasteiger partial charge < -0.3 is 5.32 Å². The van der Waals surface area contributed by atoms with E-state index in [2.05, 4.69) is 44.8 Å². The van der Waals surface area contributed by atoms with Gasteiger partial charge in [-0.05, 0) is 43.0 Å². The number of anilines is 1. The highest BCUT2D eigenvalue weighted by atomic mass is 16.2.